The normalized spacial score (nSPS) is 14.0. The zero-order valence-corrected chi connectivity index (χ0v) is 14.0. The van der Waals surface area contributed by atoms with Crippen LogP contribution in [0.25, 0.3) is 0 Å². The molecule has 0 saturated heterocycles. The first-order valence-electron chi connectivity index (χ1n) is 7.89. The standard InChI is InChI=1S/C19H20F3NO2/c1-3-23(13-14-7-5-4-6-8-14)17(24)15-9-11-16(12-10-15)18(2,25)19(20,21)22/h4-12,25H,3,13H2,1-2H3. The minimum absolute atomic E-state index is 0.274. The van der Waals surface area contributed by atoms with Crippen molar-refractivity contribution in [3.8, 4) is 0 Å². The highest BCUT2D eigenvalue weighted by atomic mass is 19.4. The molecule has 0 aliphatic rings. The second kappa shape index (κ2) is 7.27. The van der Waals surface area contributed by atoms with E-state index >= 15 is 0 Å². The molecular weight excluding hydrogens is 331 g/mol. The van der Waals surface area contributed by atoms with Crippen LogP contribution in [0.4, 0.5) is 13.2 Å². The molecule has 2 aromatic carbocycles. The first-order chi connectivity index (χ1) is 11.7. The third kappa shape index (κ3) is 4.20. The Morgan fingerprint density at radius 1 is 1.04 bits per heavy atom. The van der Waals surface area contributed by atoms with E-state index in [1.807, 2.05) is 37.3 Å². The van der Waals surface area contributed by atoms with Gasteiger partial charge in [-0.3, -0.25) is 4.79 Å². The van der Waals surface area contributed by atoms with Gasteiger partial charge in [0.15, 0.2) is 5.60 Å². The molecule has 2 rings (SSSR count). The number of rotatable bonds is 5. The van der Waals surface area contributed by atoms with E-state index in [2.05, 4.69) is 0 Å². The van der Waals surface area contributed by atoms with Gasteiger partial charge in [-0.05, 0) is 37.1 Å². The van der Waals surface area contributed by atoms with E-state index in [0.717, 1.165) is 17.7 Å². The van der Waals surface area contributed by atoms with Crippen LogP contribution in [-0.2, 0) is 12.1 Å². The molecule has 0 heterocycles. The van der Waals surface area contributed by atoms with Crippen LogP contribution in [0.3, 0.4) is 0 Å². The topological polar surface area (TPSA) is 40.5 Å². The maximum Gasteiger partial charge on any atom is 0.421 e. The van der Waals surface area contributed by atoms with Crippen LogP contribution < -0.4 is 0 Å². The molecule has 6 heteroatoms. The van der Waals surface area contributed by atoms with Crippen LogP contribution in [0.15, 0.2) is 54.6 Å². The zero-order chi connectivity index (χ0) is 18.7. The molecule has 134 valence electrons. The van der Waals surface area contributed by atoms with Gasteiger partial charge in [0.05, 0.1) is 0 Å². The van der Waals surface area contributed by atoms with Gasteiger partial charge >= 0.3 is 6.18 Å². The lowest BCUT2D eigenvalue weighted by Gasteiger charge is -2.27. The summed E-state index contributed by atoms with van der Waals surface area (Å²) in [6, 6.07) is 14.3. The Hall–Kier alpha value is -2.34. The minimum atomic E-state index is -4.79. The highest BCUT2D eigenvalue weighted by molar-refractivity contribution is 5.94. The first kappa shape index (κ1) is 19.0. The number of hydrogen-bond donors (Lipinski definition) is 1. The molecule has 0 fully saturated rings. The molecular formula is C19H20F3NO2. The number of hydrogen-bond acceptors (Lipinski definition) is 2. The molecule has 1 N–H and O–H groups in total. The van der Waals surface area contributed by atoms with Gasteiger partial charge in [0.1, 0.15) is 0 Å². The van der Waals surface area contributed by atoms with Gasteiger partial charge in [0.25, 0.3) is 5.91 Å². The SMILES string of the molecule is CCN(Cc1ccccc1)C(=O)c1ccc(C(C)(O)C(F)(F)F)cc1. The maximum atomic E-state index is 12.9. The van der Waals surface area contributed by atoms with Crippen molar-refractivity contribution >= 4 is 5.91 Å². The number of halogens is 3. The van der Waals surface area contributed by atoms with Gasteiger partial charge in [-0.25, -0.2) is 0 Å². The first-order valence-corrected chi connectivity index (χ1v) is 7.89. The summed E-state index contributed by atoms with van der Waals surface area (Å²) in [6.07, 6.45) is -4.79. The van der Waals surface area contributed by atoms with Crippen molar-refractivity contribution in [1.82, 2.24) is 4.90 Å². The van der Waals surface area contributed by atoms with Crippen LogP contribution in [0.1, 0.15) is 35.3 Å². The van der Waals surface area contributed by atoms with Gasteiger partial charge in [0.2, 0.25) is 0 Å². The van der Waals surface area contributed by atoms with Crippen molar-refractivity contribution in [3.05, 3.63) is 71.3 Å². The van der Waals surface area contributed by atoms with Crippen molar-refractivity contribution < 1.29 is 23.1 Å². The van der Waals surface area contributed by atoms with Crippen molar-refractivity contribution in [3.63, 3.8) is 0 Å². The van der Waals surface area contributed by atoms with Gasteiger partial charge in [-0.1, -0.05) is 42.5 Å². The molecule has 2 aromatic rings. The molecule has 0 bridgehead atoms. The fraction of sp³-hybridized carbons (Fsp3) is 0.316. The van der Waals surface area contributed by atoms with Crippen LogP contribution in [0, 0.1) is 0 Å². The fourth-order valence-electron chi connectivity index (χ4n) is 2.41. The zero-order valence-electron chi connectivity index (χ0n) is 14.0. The lowest BCUT2D eigenvalue weighted by Crippen LogP contribution is -2.39. The highest BCUT2D eigenvalue weighted by Gasteiger charge is 2.51. The van der Waals surface area contributed by atoms with Crippen LogP contribution in [0.2, 0.25) is 0 Å². The Labute approximate surface area is 144 Å². The van der Waals surface area contributed by atoms with E-state index in [9.17, 15) is 23.1 Å². The molecule has 0 aliphatic carbocycles. The van der Waals surface area contributed by atoms with Crippen molar-refractivity contribution in [2.75, 3.05) is 6.54 Å². The lowest BCUT2D eigenvalue weighted by molar-refractivity contribution is -0.258. The Morgan fingerprint density at radius 2 is 1.60 bits per heavy atom. The van der Waals surface area contributed by atoms with Crippen molar-refractivity contribution in [1.29, 1.82) is 0 Å². The number of carbonyl (C=O) groups is 1. The Bertz CT molecular complexity index is 710. The molecule has 1 amide bonds. The second-order valence-electron chi connectivity index (χ2n) is 5.95. The summed E-state index contributed by atoms with van der Waals surface area (Å²) < 4.78 is 38.6. The molecule has 0 aliphatic heterocycles. The van der Waals surface area contributed by atoms with Gasteiger partial charge < -0.3 is 10.0 Å². The Balaban J connectivity index is 2.19. The van der Waals surface area contributed by atoms with Crippen LogP contribution in [-0.4, -0.2) is 28.6 Å². The summed E-state index contributed by atoms with van der Waals surface area (Å²) in [5.74, 6) is -0.274. The van der Waals surface area contributed by atoms with E-state index < -0.39 is 11.8 Å². The van der Waals surface area contributed by atoms with E-state index in [1.54, 1.807) is 4.90 Å². The summed E-state index contributed by atoms with van der Waals surface area (Å²) in [5, 5.41) is 9.68. The van der Waals surface area contributed by atoms with Crippen molar-refractivity contribution in [2.45, 2.75) is 32.2 Å². The number of amides is 1. The van der Waals surface area contributed by atoms with Crippen LogP contribution in [0.5, 0.6) is 0 Å². The molecule has 0 saturated carbocycles. The Morgan fingerprint density at radius 3 is 2.08 bits per heavy atom. The third-order valence-electron chi connectivity index (χ3n) is 4.13. The quantitative estimate of drug-likeness (QED) is 0.880. The summed E-state index contributed by atoms with van der Waals surface area (Å²) >= 11 is 0. The monoisotopic (exact) mass is 351 g/mol. The molecule has 25 heavy (non-hydrogen) atoms. The average Bonchev–Trinajstić information content (AvgIpc) is 2.59. The lowest BCUT2D eigenvalue weighted by atomic mass is 9.94. The fourth-order valence-corrected chi connectivity index (χ4v) is 2.41. The predicted molar refractivity (Wildman–Crippen MR) is 88.9 cm³/mol. The average molecular weight is 351 g/mol. The number of nitrogens with zero attached hydrogens (tertiary/aromatic N) is 1. The summed E-state index contributed by atoms with van der Waals surface area (Å²) in [4.78, 5) is 14.2. The molecule has 1 unspecified atom stereocenters. The molecule has 1 atom stereocenters. The second-order valence-corrected chi connectivity index (χ2v) is 5.95. The largest absolute Gasteiger partial charge is 0.421 e. The number of aliphatic hydroxyl groups is 1. The van der Waals surface area contributed by atoms with E-state index in [-0.39, 0.29) is 17.0 Å². The summed E-state index contributed by atoms with van der Waals surface area (Å²) in [6.45, 7) is 3.41. The summed E-state index contributed by atoms with van der Waals surface area (Å²) in [5.41, 5.74) is -2.01. The predicted octanol–water partition coefficient (Wildman–Crippen LogP) is 4.12. The van der Waals surface area contributed by atoms with E-state index in [4.69, 9.17) is 0 Å². The number of alkyl halides is 3. The minimum Gasteiger partial charge on any atom is -0.376 e. The molecule has 0 aromatic heterocycles. The molecule has 0 radical (unpaired) electrons. The van der Waals surface area contributed by atoms with Gasteiger partial charge in [0, 0.05) is 18.7 Å². The van der Waals surface area contributed by atoms with Crippen molar-refractivity contribution in [2.24, 2.45) is 0 Å². The van der Waals surface area contributed by atoms with Gasteiger partial charge in [-0.15, -0.1) is 0 Å². The van der Waals surface area contributed by atoms with E-state index in [1.165, 1.54) is 12.1 Å². The van der Waals surface area contributed by atoms with Gasteiger partial charge in [-0.2, -0.15) is 13.2 Å². The molecule has 3 nitrogen and oxygen atoms in total. The number of benzene rings is 2. The summed E-state index contributed by atoms with van der Waals surface area (Å²) in [7, 11) is 0. The smallest absolute Gasteiger partial charge is 0.376 e. The molecule has 0 spiro atoms. The van der Waals surface area contributed by atoms with Crippen LogP contribution >= 0.6 is 0 Å². The third-order valence-corrected chi connectivity index (χ3v) is 4.13. The Kier molecular flexibility index (Phi) is 5.52. The highest BCUT2D eigenvalue weighted by Crippen LogP contribution is 2.38. The van der Waals surface area contributed by atoms with E-state index in [0.29, 0.717) is 20.0 Å². The number of carbonyl (C=O) groups excluding carboxylic acids is 1. The maximum absolute atomic E-state index is 12.9.